The number of allylic oxidation sites excluding steroid dienone is 1. The van der Waals surface area contributed by atoms with Gasteiger partial charge in [-0.25, -0.2) is 0 Å². The highest BCUT2D eigenvalue weighted by Crippen LogP contribution is 2.09. The maximum absolute atomic E-state index is 3.36. The molecular formula is C12H18. The van der Waals surface area contributed by atoms with Gasteiger partial charge in [0.25, 0.3) is 0 Å². The van der Waals surface area contributed by atoms with Crippen LogP contribution in [0.25, 0.3) is 0 Å². The molecule has 0 saturated heterocycles. The van der Waals surface area contributed by atoms with Gasteiger partial charge in [-0.05, 0) is 44.4 Å². The van der Waals surface area contributed by atoms with Gasteiger partial charge in [0.2, 0.25) is 0 Å². The molecule has 0 bridgehead atoms. The first-order chi connectivity index (χ1) is 5.63. The van der Waals surface area contributed by atoms with Gasteiger partial charge in [-0.3, -0.25) is 0 Å². The van der Waals surface area contributed by atoms with Crippen LogP contribution in [0.1, 0.15) is 23.6 Å². The fourth-order valence-corrected chi connectivity index (χ4v) is 0.898. The van der Waals surface area contributed by atoms with Crippen LogP contribution in [0.3, 0.4) is 0 Å². The van der Waals surface area contributed by atoms with Crippen molar-refractivity contribution in [3.63, 3.8) is 0 Å². The van der Waals surface area contributed by atoms with Gasteiger partial charge in [0, 0.05) is 0 Å². The van der Waals surface area contributed by atoms with Gasteiger partial charge in [-0.2, -0.15) is 0 Å². The molecule has 0 aromatic heterocycles. The van der Waals surface area contributed by atoms with Crippen LogP contribution in [0.4, 0.5) is 0 Å². The van der Waals surface area contributed by atoms with Crippen molar-refractivity contribution in [3.05, 3.63) is 47.5 Å². The molecular weight excluding hydrogens is 144 g/mol. The van der Waals surface area contributed by atoms with Gasteiger partial charge >= 0.3 is 0 Å². The Balaban J connectivity index is 0.000000354. The summed E-state index contributed by atoms with van der Waals surface area (Å²) in [6.45, 7) is 11.7. The lowest BCUT2D eigenvalue weighted by Gasteiger charge is -2.00. The number of hydrogen-bond acceptors (Lipinski definition) is 0. The number of hydrogen-bond donors (Lipinski definition) is 0. The summed E-state index contributed by atoms with van der Waals surface area (Å²) in [4.78, 5) is 0. The highest BCUT2D eigenvalue weighted by molar-refractivity contribution is 5.31. The third-order valence-corrected chi connectivity index (χ3v) is 1.88. The van der Waals surface area contributed by atoms with E-state index in [2.05, 4.69) is 45.5 Å². The summed E-state index contributed by atoms with van der Waals surface area (Å²) >= 11 is 0. The average molecular weight is 162 g/mol. The Morgan fingerprint density at radius 1 is 1.08 bits per heavy atom. The van der Waals surface area contributed by atoms with Crippen molar-refractivity contribution in [2.24, 2.45) is 0 Å². The molecule has 0 saturated carbocycles. The van der Waals surface area contributed by atoms with E-state index in [1.807, 2.05) is 6.92 Å². The van der Waals surface area contributed by atoms with Gasteiger partial charge in [0.1, 0.15) is 0 Å². The quantitative estimate of drug-likeness (QED) is 0.509. The first-order valence-corrected chi connectivity index (χ1v) is 4.23. The Morgan fingerprint density at radius 2 is 1.42 bits per heavy atom. The number of rotatable bonds is 0. The SMILES string of the molecule is C=CC.Cc1cccc(C)c1C. The van der Waals surface area contributed by atoms with Crippen LogP contribution in [-0.4, -0.2) is 0 Å². The summed E-state index contributed by atoms with van der Waals surface area (Å²) in [6.07, 6.45) is 1.75. The molecule has 0 aliphatic carbocycles. The summed E-state index contributed by atoms with van der Waals surface area (Å²) in [6, 6.07) is 6.38. The van der Waals surface area contributed by atoms with Gasteiger partial charge in [0.05, 0.1) is 0 Å². The third kappa shape index (κ3) is 3.38. The molecule has 0 N–H and O–H groups in total. The Labute approximate surface area is 75.9 Å². The summed E-state index contributed by atoms with van der Waals surface area (Å²) in [5, 5.41) is 0. The first-order valence-electron chi connectivity index (χ1n) is 4.23. The Morgan fingerprint density at radius 3 is 1.67 bits per heavy atom. The molecule has 1 aromatic carbocycles. The van der Waals surface area contributed by atoms with E-state index >= 15 is 0 Å². The molecule has 0 radical (unpaired) electrons. The molecule has 0 amide bonds. The zero-order valence-electron chi connectivity index (χ0n) is 8.52. The van der Waals surface area contributed by atoms with Crippen LogP contribution < -0.4 is 0 Å². The molecule has 66 valence electrons. The standard InChI is InChI=1S/C9H12.C3H6/c1-7-5-4-6-8(2)9(7)3;1-3-2/h4-6H,1-3H3;3H,1H2,2H3. The second kappa shape index (κ2) is 5.59. The third-order valence-electron chi connectivity index (χ3n) is 1.88. The van der Waals surface area contributed by atoms with Crippen LogP contribution in [0.5, 0.6) is 0 Å². The topological polar surface area (TPSA) is 0 Å². The predicted octanol–water partition coefficient (Wildman–Crippen LogP) is 3.80. The number of aryl methyl sites for hydroxylation is 2. The van der Waals surface area contributed by atoms with Crippen molar-refractivity contribution in [3.8, 4) is 0 Å². The molecule has 1 aromatic rings. The van der Waals surface area contributed by atoms with Gasteiger partial charge in [-0.1, -0.05) is 24.3 Å². The maximum atomic E-state index is 3.36. The largest absolute Gasteiger partial charge is 0.103 e. The predicted molar refractivity (Wildman–Crippen MR) is 56.5 cm³/mol. The summed E-state index contributed by atoms with van der Waals surface area (Å²) in [5.41, 5.74) is 4.18. The highest BCUT2D eigenvalue weighted by atomic mass is 14.0. The monoisotopic (exact) mass is 162 g/mol. The Bertz CT molecular complexity index is 226. The molecule has 0 nitrogen and oxygen atoms in total. The molecule has 0 atom stereocenters. The van der Waals surface area contributed by atoms with Crippen molar-refractivity contribution < 1.29 is 0 Å². The zero-order valence-corrected chi connectivity index (χ0v) is 8.52. The van der Waals surface area contributed by atoms with E-state index in [0.717, 1.165) is 0 Å². The fourth-order valence-electron chi connectivity index (χ4n) is 0.898. The van der Waals surface area contributed by atoms with Gasteiger partial charge < -0.3 is 0 Å². The van der Waals surface area contributed by atoms with E-state index in [1.54, 1.807) is 6.08 Å². The van der Waals surface area contributed by atoms with Crippen molar-refractivity contribution in [1.82, 2.24) is 0 Å². The van der Waals surface area contributed by atoms with Crippen LogP contribution in [0.2, 0.25) is 0 Å². The molecule has 0 aliphatic rings. The van der Waals surface area contributed by atoms with Crippen LogP contribution in [0, 0.1) is 20.8 Å². The lowest BCUT2D eigenvalue weighted by Crippen LogP contribution is -1.82. The van der Waals surface area contributed by atoms with Crippen LogP contribution in [0.15, 0.2) is 30.9 Å². The zero-order chi connectivity index (χ0) is 9.56. The molecule has 0 unspecified atom stereocenters. The molecule has 0 heterocycles. The highest BCUT2D eigenvalue weighted by Gasteiger charge is 1.91. The van der Waals surface area contributed by atoms with Crippen molar-refractivity contribution >= 4 is 0 Å². The van der Waals surface area contributed by atoms with Crippen LogP contribution >= 0.6 is 0 Å². The average Bonchev–Trinajstić information content (AvgIpc) is 2.02. The van der Waals surface area contributed by atoms with E-state index in [0.29, 0.717) is 0 Å². The van der Waals surface area contributed by atoms with E-state index in [4.69, 9.17) is 0 Å². The Kier molecular flexibility index (Phi) is 5.11. The summed E-state index contributed by atoms with van der Waals surface area (Å²) < 4.78 is 0. The molecule has 1 rings (SSSR count). The second-order valence-electron chi connectivity index (χ2n) is 2.93. The van der Waals surface area contributed by atoms with Gasteiger partial charge in [-0.15, -0.1) is 6.58 Å². The second-order valence-corrected chi connectivity index (χ2v) is 2.93. The molecule has 0 heteroatoms. The van der Waals surface area contributed by atoms with E-state index in [9.17, 15) is 0 Å². The van der Waals surface area contributed by atoms with E-state index in [-0.39, 0.29) is 0 Å². The normalized spacial score (nSPS) is 8.33. The molecule has 0 aliphatic heterocycles. The summed E-state index contributed by atoms with van der Waals surface area (Å²) in [5.74, 6) is 0. The minimum Gasteiger partial charge on any atom is -0.103 e. The smallest absolute Gasteiger partial charge is 0.0392 e. The van der Waals surface area contributed by atoms with Crippen LogP contribution in [-0.2, 0) is 0 Å². The number of benzene rings is 1. The lowest BCUT2D eigenvalue weighted by molar-refractivity contribution is 1.27. The first kappa shape index (κ1) is 11.0. The fraction of sp³-hybridized carbons (Fsp3) is 0.333. The minimum absolute atomic E-state index is 1.38. The van der Waals surface area contributed by atoms with Crippen molar-refractivity contribution in [1.29, 1.82) is 0 Å². The molecule has 0 spiro atoms. The van der Waals surface area contributed by atoms with Crippen molar-refractivity contribution in [2.45, 2.75) is 27.7 Å². The van der Waals surface area contributed by atoms with Crippen molar-refractivity contribution in [2.75, 3.05) is 0 Å². The molecule has 0 fully saturated rings. The minimum atomic E-state index is 1.38. The summed E-state index contributed by atoms with van der Waals surface area (Å²) in [7, 11) is 0. The van der Waals surface area contributed by atoms with Gasteiger partial charge in [0.15, 0.2) is 0 Å². The Hall–Kier alpha value is -1.04. The maximum Gasteiger partial charge on any atom is -0.0392 e. The van der Waals surface area contributed by atoms with E-state index < -0.39 is 0 Å². The lowest BCUT2D eigenvalue weighted by atomic mass is 10.1. The molecule has 12 heavy (non-hydrogen) atoms. The van der Waals surface area contributed by atoms with E-state index in [1.165, 1.54) is 16.7 Å².